The van der Waals surface area contributed by atoms with Gasteiger partial charge in [0.05, 0.1) is 34.9 Å². The summed E-state index contributed by atoms with van der Waals surface area (Å²) < 4.78 is 3.44. The van der Waals surface area contributed by atoms with Gasteiger partial charge < -0.3 is 4.98 Å². The lowest BCUT2D eigenvalue weighted by molar-refractivity contribution is 0.481. The molecule has 4 heterocycles. The van der Waals surface area contributed by atoms with Gasteiger partial charge in [-0.1, -0.05) is 6.07 Å². The maximum absolute atomic E-state index is 12.9. The normalized spacial score (nSPS) is 15.8. The van der Waals surface area contributed by atoms with Crippen LogP contribution >= 0.6 is 0 Å². The zero-order valence-electron chi connectivity index (χ0n) is 16.4. The van der Waals surface area contributed by atoms with Gasteiger partial charge in [0.25, 0.3) is 0 Å². The molecule has 5 aromatic rings. The zero-order chi connectivity index (χ0) is 20.9. The van der Waals surface area contributed by atoms with Gasteiger partial charge in [-0.15, -0.1) is 0 Å². The van der Waals surface area contributed by atoms with Gasteiger partial charge >= 0.3 is 5.69 Å². The second-order valence-electron chi connectivity index (χ2n) is 7.58. The SMILES string of the molecule is N#Cc1ccc2ncn(-c3ncc4[nH]c(=O)n(C5CCCc6ncccc65)c4n3)c2c1. The number of aryl methyl sites for hydroxylation is 1. The molecule has 9 nitrogen and oxygen atoms in total. The predicted octanol–water partition coefficient (Wildman–Crippen LogP) is 2.65. The Morgan fingerprint density at radius 3 is 3.03 bits per heavy atom. The Morgan fingerprint density at radius 2 is 2.13 bits per heavy atom. The third kappa shape index (κ3) is 2.65. The van der Waals surface area contributed by atoms with Crippen molar-refractivity contribution in [3.8, 4) is 12.0 Å². The Bertz CT molecular complexity index is 1570. The van der Waals surface area contributed by atoms with Crippen LogP contribution in [0.5, 0.6) is 0 Å². The number of nitriles is 1. The number of aromatic nitrogens is 7. The van der Waals surface area contributed by atoms with Gasteiger partial charge in [-0.3, -0.25) is 14.1 Å². The predicted molar refractivity (Wildman–Crippen MR) is 113 cm³/mol. The van der Waals surface area contributed by atoms with Crippen molar-refractivity contribution in [3.05, 3.63) is 76.4 Å². The maximum Gasteiger partial charge on any atom is 0.328 e. The van der Waals surface area contributed by atoms with Crippen molar-refractivity contribution in [3.63, 3.8) is 0 Å². The van der Waals surface area contributed by atoms with Gasteiger partial charge in [0.15, 0.2) is 5.65 Å². The van der Waals surface area contributed by atoms with E-state index in [0.29, 0.717) is 22.7 Å². The molecule has 1 atom stereocenters. The summed E-state index contributed by atoms with van der Waals surface area (Å²) in [6.45, 7) is 0. The number of fused-ring (bicyclic) bond motifs is 3. The number of aromatic amines is 1. The van der Waals surface area contributed by atoms with Crippen molar-refractivity contribution in [1.29, 1.82) is 5.26 Å². The molecule has 0 amide bonds. The van der Waals surface area contributed by atoms with Crippen LogP contribution in [0.2, 0.25) is 0 Å². The molecule has 1 aliphatic rings. The molecule has 0 saturated carbocycles. The van der Waals surface area contributed by atoms with Gasteiger partial charge in [0.1, 0.15) is 11.8 Å². The Kier molecular flexibility index (Phi) is 3.73. The van der Waals surface area contributed by atoms with E-state index in [9.17, 15) is 10.1 Å². The lowest BCUT2D eigenvalue weighted by Crippen LogP contribution is -2.27. The van der Waals surface area contributed by atoms with Crippen LogP contribution in [-0.4, -0.2) is 34.1 Å². The molecule has 0 bridgehead atoms. The summed E-state index contributed by atoms with van der Waals surface area (Å²) in [6.07, 6.45) is 7.73. The molecular weight excluding hydrogens is 392 g/mol. The summed E-state index contributed by atoms with van der Waals surface area (Å²) in [5.74, 6) is 0.389. The molecule has 9 heteroatoms. The first-order valence-electron chi connectivity index (χ1n) is 10.0. The number of hydrogen-bond donors (Lipinski definition) is 1. The lowest BCUT2D eigenvalue weighted by Gasteiger charge is -2.25. The third-order valence-corrected chi connectivity index (χ3v) is 5.82. The highest BCUT2D eigenvalue weighted by Crippen LogP contribution is 2.32. The van der Waals surface area contributed by atoms with Crippen LogP contribution in [0.25, 0.3) is 28.1 Å². The van der Waals surface area contributed by atoms with Gasteiger partial charge in [0, 0.05) is 11.9 Å². The minimum absolute atomic E-state index is 0.133. The average Bonchev–Trinajstić information content (AvgIpc) is 3.37. The summed E-state index contributed by atoms with van der Waals surface area (Å²) >= 11 is 0. The van der Waals surface area contributed by atoms with Crippen molar-refractivity contribution < 1.29 is 0 Å². The molecule has 0 radical (unpaired) electrons. The molecule has 4 aromatic heterocycles. The molecule has 1 unspecified atom stereocenters. The molecule has 1 aromatic carbocycles. The smallest absolute Gasteiger partial charge is 0.303 e. The Balaban J connectivity index is 1.56. The molecule has 31 heavy (non-hydrogen) atoms. The van der Waals surface area contributed by atoms with E-state index < -0.39 is 0 Å². The van der Waals surface area contributed by atoms with Gasteiger partial charge in [-0.2, -0.15) is 10.2 Å². The van der Waals surface area contributed by atoms with Crippen LogP contribution in [0.3, 0.4) is 0 Å². The van der Waals surface area contributed by atoms with E-state index in [-0.39, 0.29) is 11.7 Å². The van der Waals surface area contributed by atoms with E-state index in [4.69, 9.17) is 4.98 Å². The number of imidazole rings is 2. The van der Waals surface area contributed by atoms with Crippen molar-refractivity contribution in [2.75, 3.05) is 0 Å². The zero-order valence-corrected chi connectivity index (χ0v) is 16.4. The Labute approximate surface area is 175 Å². The second kappa shape index (κ2) is 6.60. The maximum atomic E-state index is 12.9. The van der Waals surface area contributed by atoms with Crippen LogP contribution in [0.15, 0.2) is 53.8 Å². The summed E-state index contributed by atoms with van der Waals surface area (Å²) in [4.78, 5) is 33.8. The lowest BCUT2D eigenvalue weighted by atomic mass is 9.91. The molecule has 0 aliphatic heterocycles. The molecular formula is C22H16N8O. The highest BCUT2D eigenvalue weighted by molar-refractivity contribution is 5.79. The Morgan fingerprint density at radius 1 is 1.19 bits per heavy atom. The Hall–Kier alpha value is -4.32. The molecule has 0 fully saturated rings. The molecule has 0 spiro atoms. The van der Waals surface area contributed by atoms with E-state index in [2.05, 4.69) is 26.0 Å². The topological polar surface area (TPSA) is 118 Å². The number of hydrogen-bond acceptors (Lipinski definition) is 6. The molecule has 6 rings (SSSR count). The minimum atomic E-state index is -0.217. The molecule has 1 N–H and O–H groups in total. The number of nitrogens with zero attached hydrogens (tertiary/aromatic N) is 7. The van der Waals surface area contributed by atoms with E-state index in [1.54, 1.807) is 46.1 Å². The van der Waals surface area contributed by atoms with Crippen molar-refractivity contribution in [1.82, 2.24) is 34.1 Å². The van der Waals surface area contributed by atoms with Crippen molar-refractivity contribution in [2.24, 2.45) is 0 Å². The second-order valence-corrected chi connectivity index (χ2v) is 7.58. The monoisotopic (exact) mass is 408 g/mol. The fourth-order valence-electron chi connectivity index (χ4n) is 4.40. The summed E-state index contributed by atoms with van der Waals surface area (Å²) in [5.41, 5.74) is 4.98. The van der Waals surface area contributed by atoms with Gasteiger partial charge in [-0.05, 0) is 49.1 Å². The van der Waals surface area contributed by atoms with Crippen LogP contribution in [0.1, 0.15) is 35.7 Å². The summed E-state index contributed by atoms with van der Waals surface area (Å²) in [5, 5.41) is 9.24. The molecule has 0 saturated heterocycles. The number of nitrogens with one attached hydrogen (secondary N) is 1. The first-order valence-corrected chi connectivity index (χ1v) is 10.0. The first-order chi connectivity index (χ1) is 15.2. The highest BCUT2D eigenvalue weighted by Gasteiger charge is 2.26. The summed E-state index contributed by atoms with van der Waals surface area (Å²) in [7, 11) is 0. The fourth-order valence-corrected chi connectivity index (χ4v) is 4.40. The van der Waals surface area contributed by atoms with Crippen LogP contribution in [0.4, 0.5) is 0 Å². The number of benzene rings is 1. The number of pyridine rings is 1. The standard InChI is InChI=1S/C22H16N8O/c23-10-13-6-7-16-19(9-13)29(12-26-16)21-25-11-17-20(28-21)30(22(31)27-17)18-5-1-4-15-14(18)3-2-8-24-15/h2-3,6-9,11-12,18H,1,4-5H2,(H,27,31). The van der Waals surface area contributed by atoms with Crippen LogP contribution in [-0.2, 0) is 6.42 Å². The van der Waals surface area contributed by atoms with Crippen LogP contribution in [0, 0.1) is 11.3 Å². The van der Waals surface area contributed by atoms with E-state index in [1.807, 2.05) is 12.1 Å². The number of H-pyrrole nitrogens is 1. The summed E-state index contributed by atoms with van der Waals surface area (Å²) in [6, 6.07) is 11.2. The van der Waals surface area contributed by atoms with Gasteiger partial charge in [0.2, 0.25) is 5.95 Å². The molecule has 150 valence electrons. The minimum Gasteiger partial charge on any atom is -0.303 e. The quantitative estimate of drug-likeness (QED) is 0.480. The van der Waals surface area contributed by atoms with Crippen LogP contribution < -0.4 is 5.69 Å². The van der Waals surface area contributed by atoms with E-state index >= 15 is 0 Å². The average molecular weight is 408 g/mol. The number of rotatable bonds is 2. The highest BCUT2D eigenvalue weighted by atomic mass is 16.1. The fraction of sp³-hybridized carbons (Fsp3) is 0.182. The third-order valence-electron chi connectivity index (χ3n) is 5.82. The largest absolute Gasteiger partial charge is 0.328 e. The van der Waals surface area contributed by atoms with Crippen molar-refractivity contribution >= 4 is 22.2 Å². The first kappa shape index (κ1) is 17.5. The van der Waals surface area contributed by atoms with E-state index in [0.717, 1.165) is 41.6 Å². The molecule has 1 aliphatic carbocycles. The van der Waals surface area contributed by atoms with Gasteiger partial charge in [-0.25, -0.2) is 14.8 Å². The van der Waals surface area contributed by atoms with Crippen molar-refractivity contribution in [2.45, 2.75) is 25.3 Å². The van der Waals surface area contributed by atoms with E-state index in [1.165, 1.54) is 0 Å².